The minimum Gasteiger partial charge on any atom is -0.0885 e. The van der Waals surface area contributed by atoms with Gasteiger partial charge in [-0.1, -0.05) is 56.2 Å². The molecule has 0 atom stereocenters. The molecule has 0 saturated heterocycles. The van der Waals surface area contributed by atoms with E-state index < -0.39 is 0 Å². The average Bonchev–Trinajstić information content (AvgIpc) is 2.25. The molecule has 0 aromatic heterocycles. The van der Waals surface area contributed by atoms with Crippen LogP contribution in [0.4, 0.5) is 0 Å². The number of hydrogen-bond donors (Lipinski definition) is 0. The van der Waals surface area contributed by atoms with E-state index in [1.54, 1.807) is 0 Å². The predicted octanol–water partition coefficient (Wildman–Crippen LogP) is 4.17. The van der Waals surface area contributed by atoms with Crippen LogP contribution in [0.25, 0.3) is 0 Å². The maximum Gasteiger partial charge on any atom is -0.0184 e. The van der Waals surface area contributed by atoms with E-state index in [9.17, 15) is 0 Å². The third kappa shape index (κ3) is 4.86. The first kappa shape index (κ1) is 11.0. The zero-order chi connectivity index (χ0) is 10.1. The first-order valence-electron chi connectivity index (χ1n) is 5.53. The maximum atomic E-state index is 3.03. The minimum atomic E-state index is 1.15. The van der Waals surface area contributed by atoms with Crippen molar-refractivity contribution in [2.75, 3.05) is 0 Å². The van der Waals surface area contributed by atoms with Gasteiger partial charge in [0.2, 0.25) is 0 Å². The molecular weight excluding hydrogens is 168 g/mol. The number of unbranched alkanes of at least 4 members (excludes halogenated alkanes) is 2. The fraction of sp³-hybridized carbons (Fsp3) is 0.429. The highest BCUT2D eigenvalue weighted by Crippen LogP contribution is 2.03. The number of benzene rings is 1. The van der Waals surface area contributed by atoms with Crippen molar-refractivity contribution in [2.24, 2.45) is 0 Å². The zero-order valence-electron chi connectivity index (χ0n) is 9.00. The van der Waals surface area contributed by atoms with Crippen LogP contribution in [-0.4, -0.2) is 0 Å². The molecule has 0 heterocycles. The molecule has 75 valence electrons. The Morgan fingerprint density at radius 2 is 1.86 bits per heavy atom. The molecule has 0 N–H and O–H groups in total. The van der Waals surface area contributed by atoms with E-state index >= 15 is 0 Å². The number of aryl methyl sites for hydroxylation is 1. The second-order valence-electron chi connectivity index (χ2n) is 3.56. The molecule has 0 unspecified atom stereocenters. The summed E-state index contributed by atoms with van der Waals surface area (Å²) >= 11 is 0. The van der Waals surface area contributed by atoms with Crippen LogP contribution >= 0.6 is 0 Å². The van der Waals surface area contributed by atoms with Crippen LogP contribution in [0.5, 0.6) is 0 Å². The molecule has 0 heteroatoms. The van der Waals surface area contributed by atoms with Crippen molar-refractivity contribution in [1.29, 1.82) is 0 Å². The van der Waals surface area contributed by atoms with Gasteiger partial charge in [0.25, 0.3) is 0 Å². The molecule has 1 aromatic rings. The van der Waals surface area contributed by atoms with E-state index in [4.69, 9.17) is 0 Å². The number of allylic oxidation sites excluding steroid dienone is 2. The smallest absolute Gasteiger partial charge is 0.0184 e. The van der Waals surface area contributed by atoms with E-state index in [1.807, 2.05) is 12.1 Å². The third-order valence-electron chi connectivity index (χ3n) is 2.28. The summed E-state index contributed by atoms with van der Waals surface area (Å²) < 4.78 is 0. The first-order chi connectivity index (χ1) is 6.93. The van der Waals surface area contributed by atoms with Gasteiger partial charge in [-0.05, 0) is 30.9 Å². The summed E-state index contributed by atoms with van der Waals surface area (Å²) in [6.07, 6.45) is 10.8. The van der Waals surface area contributed by atoms with Crippen molar-refractivity contribution in [1.82, 2.24) is 0 Å². The Balaban J connectivity index is 2.12. The fourth-order valence-electron chi connectivity index (χ4n) is 1.40. The largest absolute Gasteiger partial charge is 0.0885 e. The molecule has 0 aliphatic rings. The zero-order valence-corrected chi connectivity index (χ0v) is 9.00. The molecule has 0 nitrogen and oxygen atoms in total. The van der Waals surface area contributed by atoms with Crippen molar-refractivity contribution in [3.05, 3.63) is 48.0 Å². The van der Waals surface area contributed by atoms with Gasteiger partial charge in [0.1, 0.15) is 0 Å². The van der Waals surface area contributed by atoms with Crippen LogP contribution in [0.3, 0.4) is 0 Å². The number of hydrogen-bond acceptors (Lipinski definition) is 0. The third-order valence-corrected chi connectivity index (χ3v) is 2.28. The summed E-state index contributed by atoms with van der Waals surface area (Å²) in [4.78, 5) is 0. The lowest BCUT2D eigenvalue weighted by atomic mass is 10.1. The van der Waals surface area contributed by atoms with E-state index in [0.717, 1.165) is 12.8 Å². The second-order valence-corrected chi connectivity index (χ2v) is 3.56. The Kier molecular flexibility index (Phi) is 5.81. The Labute approximate surface area is 87.7 Å². The maximum absolute atomic E-state index is 3.03. The summed E-state index contributed by atoms with van der Waals surface area (Å²) in [5, 5.41) is 0. The van der Waals surface area contributed by atoms with Gasteiger partial charge in [-0.3, -0.25) is 0 Å². The molecule has 14 heavy (non-hydrogen) atoms. The number of rotatable bonds is 6. The average molecular weight is 187 g/mol. The topological polar surface area (TPSA) is 0 Å². The molecule has 1 radical (unpaired) electrons. The normalized spacial score (nSPS) is 10.9. The molecule has 0 spiro atoms. The van der Waals surface area contributed by atoms with Gasteiger partial charge < -0.3 is 0 Å². The van der Waals surface area contributed by atoms with Crippen LogP contribution in [0, 0.1) is 6.07 Å². The van der Waals surface area contributed by atoms with Crippen molar-refractivity contribution in [2.45, 2.75) is 39.0 Å². The molecule has 1 rings (SSSR count). The van der Waals surface area contributed by atoms with Crippen LogP contribution in [0.15, 0.2) is 36.4 Å². The molecular formula is C14H19. The summed E-state index contributed by atoms with van der Waals surface area (Å²) in [6, 6.07) is 11.3. The Morgan fingerprint density at radius 1 is 1.14 bits per heavy atom. The van der Waals surface area contributed by atoms with Gasteiger partial charge in [0.15, 0.2) is 0 Å². The van der Waals surface area contributed by atoms with Crippen LogP contribution in [0.2, 0.25) is 0 Å². The highest BCUT2D eigenvalue weighted by atomic mass is 13.9. The van der Waals surface area contributed by atoms with E-state index in [-0.39, 0.29) is 0 Å². The summed E-state index contributed by atoms with van der Waals surface area (Å²) in [5.74, 6) is 0. The highest BCUT2D eigenvalue weighted by Gasteiger charge is 1.87. The molecule has 0 aliphatic carbocycles. The van der Waals surface area contributed by atoms with E-state index in [2.05, 4.69) is 37.3 Å². The standard InChI is InChI=1S/C14H19/c1-2-3-4-5-6-8-11-14-12-9-7-10-13-14/h5-6,9-10,12-13H,2-4,8,11H2,1H3. The van der Waals surface area contributed by atoms with Gasteiger partial charge >= 0.3 is 0 Å². The first-order valence-corrected chi connectivity index (χ1v) is 5.53. The Morgan fingerprint density at radius 3 is 2.57 bits per heavy atom. The van der Waals surface area contributed by atoms with Crippen molar-refractivity contribution in [3.8, 4) is 0 Å². The Bertz CT molecular complexity index is 246. The van der Waals surface area contributed by atoms with Gasteiger partial charge in [-0.25, -0.2) is 0 Å². The van der Waals surface area contributed by atoms with Gasteiger partial charge in [-0.15, -0.1) is 0 Å². The van der Waals surface area contributed by atoms with Crippen molar-refractivity contribution < 1.29 is 0 Å². The quantitative estimate of drug-likeness (QED) is 0.463. The Hall–Kier alpha value is -1.04. The molecule has 0 fully saturated rings. The highest BCUT2D eigenvalue weighted by molar-refractivity contribution is 5.14. The van der Waals surface area contributed by atoms with Crippen LogP contribution in [-0.2, 0) is 6.42 Å². The molecule has 0 saturated carbocycles. The summed E-state index contributed by atoms with van der Waals surface area (Å²) in [5.41, 5.74) is 1.41. The lowest BCUT2D eigenvalue weighted by Crippen LogP contribution is -1.81. The van der Waals surface area contributed by atoms with Gasteiger partial charge in [0, 0.05) is 0 Å². The van der Waals surface area contributed by atoms with Crippen molar-refractivity contribution in [3.63, 3.8) is 0 Å². The summed E-state index contributed by atoms with van der Waals surface area (Å²) in [7, 11) is 0. The molecule has 0 bridgehead atoms. The van der Waals surface area contributed by atoms with Crippen LogP contribution < -0.4 is 0 Å². The monoisotopic (exact) mass is 187 g/mol. The second kappa shape index (κ2) is 7.37. The predicted molar refractivity (Wildman–Crippen MR) is 62.3 cm³/mol. The van der Waals surface area contributed by atoms with Gasteiger partial charge in [-0.2, -0.15) is 0 Å². The molecule has 1 aromatic carbocycles. The summed E-state index contributed by atoms with van der Waals surface area (Å²) in [6.45, 7) is 2.23. The van der Waals surface area contributed by atoms with E-state index in [1.165, 1.54) is 24.8 Å². The van der Waals surface area contributed by atoms with E-state index in [0.29, 0.717) is 0 Å². The van der Waals surface area contributed by atoms with Crippen molar-refractivity contribution >= 4 is 0 Å². The lowest BCUT2D eigenvalue weighted by Gasteiger charge is -1.96. The fourth-order valence-corrected chi connectivity index (χ4v) is 1.40. The molecule has 0 aliphatic heterocycles. The lowest BCUT2D eigenvalue weighted by molar-refractivity contribution is 0.811. The minimum absolute atomic E-state index is 1.15. The van der Waals surface area contributed by atoms with Crippen LogP contribution in [0.1, 0.15) is 38.2 Å². The SMILES string of the molecule is CCCCC=CCCc1cc[c]cc1. The van der Waals surface area contributed by atoms with Gasteiger partial charge in [0.05, 0.1) is 0 Å². The molecule has 0 amide bonds.